The fraction of sp³-hybridized carbons (Fsp3) is 0.583. The van der Waals surface area contributed by atoms with Gasteiger partial charge in [-0.05, 0) is 39.2 Å². The number of benzene rings is 1. The normalized spacial score (nSPS) is 16.1. The number of thioether (sulfide) groups is 1. The summed E-state index contributed by atoms with van der Waals surface area (Å²) in [6, 6.07) is 0. The molecule has 0 aliphatic carbocycles. The predicted octanol–water partition coefficient (Wildman–Crippen LogP) is 3.92. The third-order valence-corrected chi connectivity index (χ3v) is 6.92. The fourth-order valence-electron chi connectivity index (χ4n) is 4.09. The zero-order chi connectivity index (χ0) is 23.1. The van der Waals surface area contributed by atoms with Gasteiger partial charge in [0.25, 0.3) is 0 Å². The van der Waals surface area contributed by atoms with Gasteiger partial charge < -0.3 is 19.5 Å². The second-order valence-corrected chi connectivity index (χ2v) is 9.18. The van der Waals surface area contributed by atoms with Crippen molar-refractivity contribution in [2.24, 2.45) is 0 Å². The summed E-state index contributed by atoms with van der Waals surface area (Å²) >= 11 is 1.91. The average molecular weight is 463 g/mol. The molecular formula is C24H34N2O5S. The summed E-state index contributed by atoms with van der Waals surface area (Å²) in [5, 5.41) is 3.34. The SMILES string of the molecule is CCNc1c(CC=C(C)CCC(=O)OCCN2CCSC2)c(OC)c(C)c2c1C(=O)OC2. The molecule has 2 aliphatic heterocycles. The Hall–Kier alpha value is -2.19. The van der Waals surface area contributed by atoms with E-state index in [0.29, 0.717) is 38.0 Å². The summed E-state index contributed by atoms with van der Waals surface area (Å²) in [7, 11) is 1.65. The maximum absolute atomic E-state index is 12.4. The van der Waals surface area contributed by atoms with Crippen LogP contribution in [0.2, 0.25) is 0 Å². The minimum atomic E-state index is -0.293. The molecule has 0 radical (unpaired) electrons. The molecule has 176 valence electrons. The Morgan fingerprint density at radius 3 is 2.84 bits per heavy atom. The number of nitrogens with zero attached hydrogens (tertiary/aromatic N) is 1. The molecule has 1 fully saturated rings. The minimum absolute atomic E-state index is 0.161. The van der Waals surface area contributed by atoms with Crippen LogP contribution in [-0.4, -0.2) is 61.8 Å². The number of carbonyl (C=O) groups is 2. The van der Waals surface area contributed by atoms with Crippen molar-refractivity contribution in [1.29, 1.82) is 0 Å². The molecule has 0 saturated carbocycles. The van der Waals surface area contributed by atoms with Gasteiger partial charge in [-0.25, -0.2) is 4.79 Å². The minimum Gasteiger partial charge on any atom is -0.496 e. The van der Waals surface area contributed by atoms with Crippen LogP contribution in [0, 0.1) is 6.92 Å². The number of hydrogen-bond acceptors (Lipinski definition) is 8. The van der Waals surface area contributed by atoms with Crippen LogP contribution in [0.1, 0.15) is 53.7 Å². The van der Waals surface area contributed by atoms with Crippen LogP contribution in [0.3, 0.4) is 0 Å². The quantitative estimate of drug-likeness (QED) is 0.392. The van der Waals surface area contributed by atoms with Crippen LogP contribution in [0.5, 0.6) is 5.75 Å². The van der Waals surface area contributed by atoms with E-state index in [-0.39, 0.29) is 18.5 Å². The zero-order valence-corrected chi connectivity index (χ0v) is 20.4. The standard InChI is InChI=1S/C24H34N2O5S/c1-5-25-22-18(23(29-4)17(3)19-14-31-24(28)21(19)22)8-6-16(2)7-9-20(27)30-12-10-26-11-13-32-15-26/h6,25H,5,7-15H2,1-4H3. The van der Waals surface area contributed by atoms with Gasteiger partial charge in [-0.3, -0.25) is 9.69 Å². The lowest BCUT2D eigenvalue weighted by atomic mass is 9.93. The molecule has 32 heavy (non-hydrogen) atoms. The second kappa shape index (κ2) is 11.6. The summed E-state index contributed by atoms with van der Waals surface area (Å²) < 4.78 is 16.4. The van der Waals surface area contributed by atoms with Crippen molar-refractivity contribution in [3.63, 3.8) is 0 Å². The molecule has 0 bridgehead atoms. The summed E-state index contributed by atoms with van der Waals surface area (Å²) in [6.07, 6.45) is 3.70. The molecule has 0 aromatic heterocycles. The monoisotopic (exact) mass is 462 g/mol. The lowest BCUT2D eigenvalue weighted by Gasteiger charge is -2.19. The fourth-order valence-corrected chi connectivity index (χ4v) is 5.12. The van der Waals surface area contributed by atoms with Gasteiger partial charge in [-0.15, -0.1) is 11.8 Å². The molecule has 1 aromatic carbocycles. The van der Waals surface area contributed by atoms with Gasteiger partial charge in [0.05, 0.1) is 18.4 Å². The third-order valence-electron chi connectivity index (χ3n) is 5.90. The first-order chi connectivity index (χ1) is 15.5. The number of rotatable bonds is 11. The van der Waals surface area contributed by atoms with Crippen molar-refractivity contribution >= 4 is 29.4 Å². The molecular weight excluding hydrogens is 428 g/mol. The largest absolute Gasteiger partial charge is 0.496 e. The number of ether oxygens (including phenoxy) is 3. The maximum atomic E-state index is 12.4. The molecule has 8 heteroatoms. The van der Waals surface area contributed by atoms with Crippen molar-refractivity contribution in [3.05, 3.63) is 33.9 Å². The highest BCUT2D eigenvalue weighted by molar-refractivity contribution is 7.99. The molecule has 1 saturated heterocycles. The van der Waals surface area contributed by atoms with Crippen LogP contribution < -0.4 is 10.1 Å². The van der Waals surface area contributed by atoms with Gasteiger partial charge in [-0.2, -0.15) is 0 Å². The van der Waals surface area contributed by atoms with Crippen molar-refractivity contribution in [3.8, 4) is 5.75 Å². The first-order valence-electron chi connectivity index (χ1n) is 11.2. The van der Waals surface area contributed by atoms with E-state index < -0.39 is 0 Å². The Labute approximate surface area is 194 Å². The van der Waals surface area contributed by atoms with E-state index in [2.05, 4.69) is 16.3 Å². The number of nitrogens with one attached hydrogen (secondary N) is 1. The van der Waals surface area contributed by atoms with E-state index in [1.54, 1.807) is 7.11 Å². The summed E-state index contributed by atoms with van der Waals surface area (Å²) in [5.74, 6) is 2.51. The van der Waals surface area contributed by atoms with Gasteiger partial charge >= 0.3 is 11.9 Å². The first kappa shape index (κ1) is 24.5. The first-order valence-corrected chi connectivity index (χ1v) is 12.4. The summed E-state index contributed by atoms with van der Waals surface area (Å²) in [4.78, 5) is 26.8. The number of methoxy groups -OCH3 is 1. The number of esters is 2. The third kappa shape index (κ3) is 5.78. The number of allylic oxidation sites excluding steroid dienone is 2. The molecule has 1 aromatic rings. The van der Waals surface area contributed by atoms with E-state index in [9.17, 15) is 9.59 Å². The number of carbonyl (C=O) groups excluding carboxylic acids is 2. The van der Waals surface area contributed by atoms with Gasteiger partial charge in [0.1, 0.15) is 19.0 Å². The topological polar surface area (TPSA) is 77.1 Å². The lowest BCUT2D eigenvalue weighted by molar-refractivity contribution is -0.143. The van der Waals surface area contributed by atoms with Gasteiger partial charge in [-0.1, -0.05) is 11.6 Å². The molecule has 2 aliphatic rings. The molecule has 7 nitrogen and oxygen atoms in total. The number of fused-ring (bicyclic) bond motifs is 1. The van der Waals surface area contributed by atoms with Gasteiger partial charge in [0.15, 0.2) is 0 Å². The Morgan fingerprint density at radius 1 is 1.34 bits per heavy atom. The average Bonchev–Trinajstić information content (AvgIpc) is 3.43. The Morgan fingerprint density at radius 2 is 2.16 bits per heavy atom. The van der Waals surface area contributed by atoms with Crippen molar-refractivity contribution < 1.29 is 23.8 Å². The summed E-state index contributed by atoms with van der Waals surface area (Å²) in [6.45, 7) is 9.28. The van der Waals surface area contributed by atoms with Crippen molar-refractivity contribution in [1.82, 2.24) is 4.90 Å². The van der Waals surface area contributed by atoms with E-state index in [1.807, 2.05) is 32.5 Å². The van der Waals surface area contributed by atoms with Gasteiger partial charge in [0.2, 0.25) is 0 Å². The number of cyclic esters (lactones) is 1. The van der Waals surface area contributed by atoms with Crippen molar-refractivity contribution in [2.75, 3.05) is 50.3 Å². The number of hydrogen-bond donors (Lipinski definition) is 1. The Bertz CT molecular complexity index is 878. The van der Waals surface area contributed by atoms with Crippen LogP contribution >= 0.6 is 11.8 Å². The van der Waals surface area contributed by atoms with Crippen LogP contribution in [0.15, 0.2) is 11.6 Å². The van der Waals surface area contributed by atoms with Crippen LogP contribution in [0.25, 0.3) is 0 Å². The van der Waals surface area contributed by atoms with Crippen LogP contribution in [0.4, 0.5) is 5.69 Å². The highest BCUT2D eigenvalue weighted by atomic mass is 32.2. The zero-order valence-electron chi connectivity index (χ0n) is 19.5. The second-order valence-electron chi connectivity index (χ2n) is 8.10. The van der Waals surface area contributed by atoms with Gasteiger partial charge in [0, 0.05) is 48.8 Å². The van der Waals surface area contributed by atoms with Crippen LogP contribution in [-0.2, 0) is 27.3 Å². The van der Waals surface area contributed by atoms with E-state index in [0.717, 1.165) is 58.4 Å². The van der Waals surface area contributed by atoms with E-state index in [1.165, 1.54) is 0 Å². The predicted molar refractivity (Wildman–Crippen MR) is 128 cm³/mol. The molecule has 1 N–H and O–H groups in total. The van der Waals surface area contributed by atoms with Crippen molar-refractivity contribution in [2.45, 2.75) is 46.6 Å². The molecule has 2 heterocycles. The lowest BCUT2D eigenvalue weighted by Crippen LogP contribution is -2.25. The molecule has 0 unspecified atom stereocenters. The molecule has 0 amide bonds. The molecule has 0 spiro atoms. The Kier molecular flexibility index (Phi) is 8.87. The smallest absolute Gasteiger partial charge is 0.341 e. The molecule has 3 rings (SSSR count). The highest BCUT2D eigenvalue weighted by Crippen LogP contribution is 2.41. The van der Waals surface area contributed by atoms with E-state index >= 15 is 0 Å². The Balaban J connectivity index is 1.63. The summed E-state index contributed by atoms with van der Waals surface area (Å²) in [5.41, 5.74) is 5.28. The maximum Gasteiger partial charge on any atom is 0.341 e. The highest BCUT2D eigenvalue weighted by Gasteiger charge is 2.31. The van der Waals surface area contributed by atoms with E-state index in [4.69, 9.17) is 14.2 Å². The molecule has 0 atom stereocenters. The number of anilines is 1.